The van der Waals surface area contributed by atoms with Crippen LogP contribution in [0, 0.1) is 5.82 Å². The van der Waals surface area contributed by atoms with Gasteiger partial charge in [-0.25, -0.2) is 9.37 Å². The highest BCUT2D eigenvalue weighted by atomic mass is 19.1. The quantitative estimate of drug-likeness (QED) is 0.892. The summed E-state index contributed by atoms with van der Waals surface area (Å²) in [6.07, 6.45) is 1.32. The second kappa shape index (κ2) is 6.99. The van der Waals surface area contributed by atoms with E-state index in [1.807, 2.05) is 0 Å². The Morgan fingerprint density at radius 3 is 2.60 bits per heavy atom. The number of aromatic nitrogens is 1. The molecule has 1 aromatic heterocycles. The first-order valence-electron chi connectivity index (χ1n) is 7.45. The van der Waals surface area contributed by atoms with E-state index in [-0.39, 0.29) is 5.82 Å². The summed E-state index contributed by atoms with van der Waals surface area (Å²) in [7, 11) is 0. The SMILES string of the molecule is CCN1CCN(c2ncc(F)cc2CNC(C)C)CC1. The van der Waals surface area contributed by atoms with E-state index in [1.54, 1.807) is 6.07 Å². The summed E-state index contributed by atoms with van der Waals surface area (Å²) in [5.41, 5.74) is 0.948. The van der Waals surface area contributed by atoms with Gasteiger partial charge in [0.2, 0.25) is 0 Å². The van der Waals surface area contributed by atoms with Gasteiger partial charge in [0.15, 0.2) is 0 Å². The molecular formula is C15H25FN4. The molecule has 0 aromatic carbocycles. The van der Waals surface area contributed by atoms with Gasteiger partial charge >= 0.3 is 0 Å². The van der Waals surface area contributed by atoms with E-state index in [9.17, 15) is 4.39 Å². The first kappa shape index (κ1) is 15.2. The Morgan fingerprint density at radius 1 is 1.30 bits per heavy atom. The van der Waals surface area contributed by atoms with Crippen LogP contribution in [-0.4, -0.2) is 48.6 Å². The fraction of sp³-hybridized carbons (Fsp3) is 0.667. The van der Waals surface area contributed by atoms with Crippen molar-refractivity contribution in [2.24, 2.45) is 0 Å². The van der Waals surface area contributed by atoms with Gasteiger partial charge in [-0.05, 0) is 12.6 Å². The van der Waals surface area contributed by atoms with E-state index >= 15 is 0 Å². The molecule has 4 nitrogen and oxygen atoms in total. The molecule has 1 N–H and O–H groups in total. The molecule has 112 valence electrons. The van der Waals surface area contributed by atoms with Gasteiger partial charge in [-0.1, -0.05) is 20.8 Å². The van der Waals surface area contributed by atoms with Crippen LogP contribution in [0.5, 0.6) is 0 Å². The van der Waals surface area contributed by atoms with Crippen molar-refractivity contribution >= 4 is 5.82 Å². The Labute approximate surface area is 121 Å². The summed E-state index contributed by atoms with van der Waals surface area (Å²) in [6, 6.07) is 1.98. The minimum Gasteiger partial charge on any atom is -0.354 e. The summed E-state index contributed by atoms with van der Waals surface area (Å²) in [4.78, 5) is 9.01. The molecule has 0 atom stereocenters. The van der Waals surface area contributed by atoms with E-state index in [2.05, 4.69) is 40.9 Å². The lowest BCUT2D eigenvalue weighted by molar-refractivity contribution is 0.270. The highest BCUT2D eigenvalue weighted by Crippen LogP contribution is 2.20. The van der Waals surface area contributed by atoms with Gasteiger partial charge in [-0.15, -0.1) is 0 Å². The van der Waals surface area contributed by atoms with Crippen molar-refractivity contribution in [1.29, 1.82) is 0 Å². The van der Waals surface area contributed by atoms with E-state index in [0.29, 0.717) is 12.6 Å². The molecule has 2 heterocycles. The third-order valence-electron chi connectivity index (χ3n) is 3.73. The third kappa shape index (κ3) is 3.90. The van der Waals surface area contributed by atoms with Gasteiger partial charge in [-0.3, -0.25) is 0 Å². The van der Waals surface area contributed by atoms with Gasteiger partial charge in [0.05, 0.1) is 6.20 Å². The Hall–Kier alpha value is -1.20. The largest absolute Gasteiger partial charge is 0.354 e. The van der Waals surface area contributed by atoms with E-state index in [0.717, 1.165) is 44.1 Å². The minimum absolute atomic E-state index is 0.262. The van der Waals surface area contributed by atoms with Crippen LogP contribution >= 0.6 is 0 Å². The second-order valence-corrected chi connectivity index (χ2v) is 5.59. The van der Waals surface area contributed by atoms with Gasteiger partial charge in [-0.2, -0.15) is 0 Å². The van der Waals surface area contributed by atoms with Crippen molar-refractivity contribution in [3.05, 3.63) is 23.6 Å². The predicted molar refractivity (Wildman–Crippen MR) is 80.5 cm³/mol. The number of nitrogens with zero attached hydrogens (tertiary/aromatic N) is 3. The van der Waals surface area contributed by atoms with Crippen molar-refractivity contribution in [3.8, 4) is 0 Å². The molecule has 0 radical (unpaired) electrons. The summed E-state index contributed by atoms with van der Waals surface area (Å²) in [5, 5.41) is 3.34. The molecule has 0 amide bonds. The standard InChI is InChI=1S/C15H25FN4/c1-4-19-5-7-20(8-6-19)15-13(10-17-12(2)3)9-14(16)11-18-15/h9,11-12,17H,4-8,10H2,1-3H3. The number of hydrogen-bond acceptors (Lipinski definition) is 4. The van der Waals surface area contributed by atoms with Crippen molar-refractivity contribution in [2.45, 2.75) is 33.4 Å². The molecule has 1 fully saturated rings. The van der Waals surface area contributed by atoms with Crippen LogP contribution in [0.2, 0.25) is 0 Å². The lowest BCUT2D eigenvalue weighted by atomic mass is 10.2. The molecule has 0 unspecified atom stereocenters. The predicted octanol–water partition coefficient (Wildman–Crippen LogP) is 1.86. The highest BCUT2D eigenvalue weighted by Gasteiger charge is 2.19. The van der Waals surface area contributed by atoms with Crippen LogP contribution in [0.1, 0.15) is 26.3 Å². The molecule has 0 bridgehead atoms. The average Bonchev–Trinajstić information content (AvgIpc) is 2.45. The zero-order valence-corrected chi connectivity index (χ0v) is 12.7. The molecule has 20 heavy (non-hydrogen) atoms. The third-order valence-corrected chi connectivity index (χ3v) is 3.73. The molecule has 1 aromatic rings. The minimum atomic E-state index is -0.262. The lowest BCUT2D eigenvalue weighted by Crippen LogP contribution is -2.47. The van der Waals surface area contributed by atoms with Crippen molar-refractivity contribution < 1.29 is 4.39 Å². The fourth-order valence-electron chi connectivity index (χ4n) is 2.48. The summed E-state index contributed by atoms with van der Waals surface area (Å²) in [5.74, 6) is 0.664. The normalized spacial score (nSPS) is 16.9. The summed E-state index contributed by atoms with van der Waals surface area (Å²) >= 11 is 0. The molecule has 1 aliphatic rings. The maximum atomic E-state index is 13.4. The number of halogens is 1. The molecule has 1 saturated heterocycles. The summed E-state index contributed by atoms with van der Waals surface area (Å²) < 4.78 is 13.4. The van der Waals surface area contributed by atoms with Crippen molar-refractivity contribution in [1.82, 2.24) is 15.2 Å². The van der Waals surface area contributed by atoms with Gasteiger partial charge in [0.25, 0.3) is 0 Å². The number of likely N-dealkylation sites (N-methyl/N-ethyl adjacent to an activating group) is 1. The second-order valence-electron chi connectivity index (χ2n) is 5.59. The number of pyridine rings is 1. The first-order chi connectivity index (χ1) is 9.60. The zero-order valence-electron chi connectivity index (χ0n) is 12.7. The molecule has 2 rings (SSSR count). The van der Waals surface area contributed by atoms with Crippen LogP contribution < -0.4 is 10.2 Å². The maximum absolute atomic E-state index is 13.4. The van der Waals surface area contributed by atoms with Gasteiger partial charge < -0.3 is 15.1 Å². The molecule has 0 aliphatic carbocycles. The highest BCUT2D eigenvalue weighted by molar-refractivity contribution is 5.47. The summed E-state index contributed by atoms with van der Waals surface area (Å²) in [6.45, 7) is 12.1. The van der Waals surface area contributed by atoms with Crippen LogP contribution in [0.4, 0.5) is 10.2 Å². The van der Waals surface area contributed by atoms with E-state index in [1.165, 1.54) is 6.20 Å². The van der Waals surface area contributed by atoms with Crippen LogP contribution in [0.15, 0.2) is 12.3 Å². The van der Waals surface area contributed by atoms with Gasteiger partial charge in [0.1, 0.15) is 11.6 Å². The smallest absolute Gasteiger partial charge is 0.141 e. The van der Waals surface area contributed by atoms with Gasteiger partial charge in [0, 0.05) is 44.3 Å². The van der Waals surface area contributed by atoms with Crippen molar-refractivity contribution in [2.75, 3.05) is 37.6 Å². The lowest BCUT2D eigenvalue weighted by Gasteiger charge is -2.35. The molecule has 0 saturated carbocycles. The molecular weight excluding hydrogens is 255 g/mol. The zero-order chi connectivity index (χ0) is 14.5. The average molecular weight is 280 g/mol. The monoisotopic (exact) mass is 280 g/mol. The maximum Gasteiger partial charge on any atom is 0.141 e. The number of hydrogen-bond donors (Lipinski definition) is 1. The van der Waals surface area contributed by atoms with Crippen molar-refractivity contribution in [3.63, 3.8) is 0 Å². The van der Waals surface area contributed by atoms with Crippen LogP contribution in [-0.2, 0) is 6.54 Å². The first-order valence-corrected chi connectivity index (χ1v) is 7.45. The topological polar surface area (TPSA) is 31.4 Å². The number of anilines is 1. The Bertz CT molecular complexity index is 428. The molecule has 0 spiro atoms. The molecule has 5 heteroatoms. The van der Waals surface area contributed by atoms with Crippen LogP contribution in [0.25, 0.3) is 0 Å². The van der Waals surface area contributed by atoms with E-state index < -0.39 is 0 Å². The Morgan fingerprint density at radius 2 is 2.00 bits per heavy atom. The number of piperazine rings is 1. The fourth-order valence-corrected chi connectivity index (χ4v) is 2.48. The van der Waals surface area contributed by atoms with E-state index in [4.69, 9.17) is 0 Å². The number of nitrogens with one attached hydrogen (secondary N) is 1. The Balaban J connectivity index is 2.10. The Kier molecular flexibility index (Phi) is 5.31. The molecule has 1 aliphatic heterocycles. The van der Waals surface area contributed by atoms with Crippen LogP contribution in [0.3, 0.4) is 0 Å². The number of rotatable bonds is 5.